The Hall–Kier alpha value is 1.38. The normalized spacial score (nSPS) is 5.79. The number of rotatable bonds is 0. The van der Waals surface area contributed by atoms with Gasteiger partial charge in [-0.3, -0.25) is 0 Å². The predicted molar refractivity (Wildman–Crippen MR) is 26.8 cm³/mol. The summed E-state index contributed by atoms with van der Waals surface area (Å²) < 4.78 is 28.2. The van der Waals surface area contributed by atoms with Crippen LogP contribution in [0.1, 0.15) is 0 Å². The van der Waals surface area contributed by atoms with Crippen molar-refractivity contribution in [2.24, 2.45) is 0 Å². The number of hydrogen-bond acceptors (Lipinski definition) is 11. The van der Waals surface area contributed by atoms with Crippen LogP contribution in [0, 0.1) is 112 Å². The Balaban J connectivity index is -0.0000000458. The van der Waals surface area contributed by atoms with Crippen LogP contribution in [0.5, 0.6) is 0 Å². The van der Waals surface area contributed by atoms with Gasteiger partial charge in [0.15, 0.2) is 0 Å². The number of quaternary nitrogens is 1. The fourth-order valence-corrected chi connectivity index (χ4v) is 0. The standard InChI is InChI=1S/3CH2O3.H3N.2O.3Pu.U/c3*2-1(3)4;;;;;;;/h3*(H2,2,3,4);1H3;;;;;;/q;;;;;;3*+1;+2/p-5. The summed E-state index contributed by atoms with van der Waals surface area (Å²) in [7, 11) is 0. The van der Waals surface area contributed by atoms with Crippen LogP contribution in [0.4, 0.5) is 14.4 Å². The van der Waals surface area contributed by atoms with E-state index >= 15 is 0 Å². The molecule has 0 aliphatic carbocycles. The average Bonchev–Trinajstić information content (AvgIpc) is 2.31. The Morgan fingerprint density at radius 2 is 0.789 bits per heavy atom. The number of hydrogen-bond donors (Lipinski definition) is 1. The summed E-state index contributed by atoms with van der Waals surface area (Å²) in [5, 5.41) is 27.2. The summed E-state index contributed by atoms with van der Waals surface area (Å²) in [6, 6.07) is 0. The summed E-state index contributed by atoms with van der Waals surface area (Å²) in [4.78, 5) is 27.2. The first kappa shape index (κ1) is 32.4. The van der Waals surface area contributed by atoms with Gasteiger partial charge < -0.3 is 6.15 Å². The van der Waals surface area contributed by atoms with E-state index in [2.05, 4.69) is 7.41 Å². The first-order valence-corrected chi connectivity index (χ1v) is 10.3. The zero-order chi connectivity index (χ0) is 15.6. The van der Waals surface area contributed by atoms with E-state index in [1.165, 1.54) is 0 Å². The topological polar surface area (TPSA) is 219 Å². The molecule has 0 unspecified atom stereocenters. The van der Waals surface area contributed by atoms with Gasteiger partial charge in [0.05, 0.1) is 0 Å². The molecule has 16 heteroatoms. The van der Waals surface area contributed by atoms with E-state index in [1.807, 2.05) is 0 Å². The van der Waals surface area contributed by atoms with Gasteiger partial charge in [-0.25, -0.2) is 0 Å². The molecule has 12 nitrogen and oxygen atoms in total. The Kier molecular flexibility index (Phi) is 53.9. The van der Waals surface area contributed by atoms with Gasteiger partial charge in [0.2, 0.25) is 0 Å². The Morgan fingerprint density at radius 3 is 0.789 bits per heavy atom. The van der Waals surface area contributed by atoms with Crippen LogP contribution < -0.4 is 21.5 Å². The van der Waals surface area contributed by atoms with E-state index in [0.29, 0.717) is 0 Å². The van der Waals surface area contributed by atoms with Crippen molar-refractivity contribution in [1.82, 2.24) is 6.15 Å². The third-order valence-corrected chi connectivity index (χ3v) is 1.90. The van der Waals surface area contributed by atoms with Crippen molar-refractivity contribution in [3.63, 3.8) is 0 Å². The molecule has 4 N–H and O–H groups in total. The summed E-state index contributed by atoms with van der Waals surface area (Å²) in [6.45, 7) is 0. The Labute approximate surface area is 175 Å². The molecule has 0 fully saturated rings. The van der Waals surface area contributed by atoms with E-state index in [9.17, 15) is 0 Å². The molecule has 19 heavy (non-hydrogen) atoms. The Morgan fingerprint density at radius 1 is 0.737 bits per heavy atom. The van der Waals surface area contributed by atoms with Crippen molar-refractivity contribution in [3.8, 4) is 0 Å². The molecule has 0 rings (SSSR count). The van der Waals surface area contributed by atoms with Crippen molar-refractivity contribution < 1.29 is 154 Å². The molecule has 0 atom stereocenters. The summed E-state index contributed by atoms with van der Waals surface area (Å²) in [6.07, 6.45) is -4.32. The quantitative estimate of drug-likeness (QED) is 0.252. The molecule has 0 aromatic carbocycles. The third kappa shape index (κ3) is 107. The first-order chi connectivity index (χ1) is 8.22. The SMILES string of the molecule is O=C([O-])[O][Pu].O=C([O-])[O][Pu].O=C([O-])[O][Pu].[NH4+].[O]=[U+2]=[O]. The zero-order valence-corrected chi connectivity index (χ0v) is 23.1. The number of carbonyl (C=O) groups is 3. The third-order valence-electron chi connectivity index (χ3n) is 0.204. The summed E-state index contributed by atoms with van der Waals surface area (Å²) in [5.41, 5.74) is 0. The molecule has 0 saturated heterocycles. The van der Waals surface area contributed by atoms with Crippen LogP contribution in [-0.2, 0) is 11.9 Å². The molecule has 0 radical (unpaired) electrons. The van der Waals surface area contributed by atoms with Crippen LogP contribution in [0.3, 0.4) is 0 Å². The van der Waals surface area contributed by atoms with Crippen LogP contribution in [0.2, 0.25) is 0 Å². The molecule has 109 valence electrons. The van der Waals surface area contributed by atoms with E-state index in [-0.39, 0.29) is 90.3 Å². The maximum atomic E-state index is 9.07. The van der Waals surface area contributed by atoms with Crippen molar-refractivity contribution >= 4 is 18.5 Å². The van der Waals surface area contributed by atoms with Gasteiger partial charge >= 0.3 is 172 Å². The van der Waals surface area contributed by atoms with Crippen molar-refractivity contribution in [1.29, 1.82) is 0 Å². The number of carboxylic acid groups (broad SMARTS) is 3. The second kappa shape index (κ2) is 31.7. The van der Waals surface area contributed by atoms with Gasteiger partial charge in [0.25, 0.3) is 0 Å². The molecular weight excluding hydrogens is 1200 g/mol. The Bertz CT molecular complexity index is 235. The van der Waals surface area contributed by atoms with Crippen LogP contribution in [0.25, 0.3) is 0 Å². The fourth-order valence-electron chi connectivity index (χ4n) is 0. The van der Waals surface area contributed by atoms with Crippen molar-refractivity contribution in [2.75, 3.05) is 0 Å². The molecule has 0 heterocycles. The van der Waals surface area contributed by atoms with Crippen molar-refractivity contribution in [2.45, 2.75) is 0 Å². The second-order valence-corrected chi connectivity index (χ2v) is 3.86. The predicted octanol–water partition coefficient (Wildman–Crippen LogP) is -3.43. The molecule has 0 aromatic rings. The molecule has 0 aromatic heterocycles. The zero-order valence-electron chi connectivity index (χ0n) is 8.72. The van der Waals surface area contributed by atoms with Gasteiger partial charge in [-0.15, -0.1) is 0 Å². The van der Waals surface area contributed by atoms with Crippen molar-refractivity contribution in [3.05, 3.63) is 0 Å². The first-order valence-electron chi connectivity index (χ1n) is 2.75. The molecule has 0 bridgehead atoms. The molecule has 0 aliphatic rings. The van der Waals surface area contributed by atoms with Gasteiger partial charge in [0.1, 0.15) is 0 Å². The van der Waals surface area contributed by atoms with Gasteiger partial charge in [0, 0.05) is 0 Å². The summed E-state index contributed by atoms with van der Waals surface area (Å²) >= 11 is -1.67. The molecular formula is C3H4NO11Pu3U. The average molecular weight is 1200 g/mol. The van der Waals surface area contributed by atoms with E-state index < -0.39 is 46.3 Å². The minimum absolute atomic E-state index is 0. The van der Waals surface area contributed by atoms with Crippen LogP contribution in [0.15, 0.2) is 0 Å². The van der Waals surface area contributed by atoms with E-state index in [1.54, 1.807) is 0 Å². The van der Waals surface area contributed by atoms with Crippen LogP contribution in [-0.4, -0.2) is 18.5 Å². The van der Waals surface area contributed by atoms with Gasteiger partial charge in [-0.1, -0.05) is 0 Å². The maximum absolute atomic E-state index is 9.07. The number of carbonyl (C=O) groups excluding carboxylic acids is 3. The molecule has 0 saturated carbocycles. The van der Waals surface area contributed by atoms with Gasteiger partial charge in [-0.05, 0) is 0 Å². The molecule has 0 amide bonds. The minimum atomic E-state index is -2.51. The second-order valence-electron chi connectivity index (χ2n) is 1.08. The van der Waals surface area contributed by atoms with Gasteiger partial charge in [-0.2, -0.15) is 0 Å². The summed E-state index contributed by atoms with van der Waals surface area (Å²) in [5.74, 6) is 0. The molecule has 0 aliphatic heterocycles. The monoisotopic (exact) mass is 1180 g/mol. The van der Waals surface area contributed by atoms with E-state index in [0.717, 1.165) is 0 Å². The van der Waals surface area contributed by atoms with E-state index in [4.69, 9.17) is 34.2 Å². The fraction of sp³-hybridized carbons (Fsp3) is 0. The van der Waals surface area contributed by atoms with Crippen LogP contribution >= 0.6 is 0 Å². The molecule has 0 spiro atoms.